The van der Waals surface area contributed by atoms with E-state index < -0.39 is 10.0 Å². The van der Waals surface area contributed by atoms with Crippen LogP contribution in [0.2, 0.25) is 0 Å². The number of nitrogens with two attached hydrogens (primary N) is 1. The number of fused-ring (bicyclic) bond motifs is 1. The van der Waals surface area contributed by atoms with Gasteiger partial charge in [0.2, 0.25) is 10.0 Å². The van der Waals surface area contributed by atoms with E-state index in [0.29, 0.717) is 49.1 Å². The molecule has 0 spiro atoms. The minimum absolute atomic E-state index is 0.168. The molecule has 1 aliphatic heterocycles. The molecule has 8 heteroatoms. The number of unbranched alkanes of at least 4 members (excludes halogenated alkanes) is 1. The van der Waals surface area contributed by atoms with Gasteiger partial charge in [0, 0.05) is 12.6 Å². The first-order valence-corrected chi connectivity index (χ1v) is 8.56. The van der Waals surface area contributed by atoms with Crippen molar-refractivity contribution in [3.8, 4) is 11.5 Å². The molecule has 6 nitrogen and oxygen atoms in total. The summed E-state index contributed by atoms with van der Waals surface area (Å²) in [5.41, 5.74) is 5.38. The molecule has 0 aromatic heterocycles. The molecule has 0 aliphatic carbocycles. The van der Waals surface area contributed by atoms with Gasteiger partial charge in [0.15, 0.2) is 11.5 Å². The largest absolute Gasteiger partial charge is 0.486 e. The van der Waals surface area contributed by atoms with Gasteiger partial charge in [-0.15, -0.1) is 0 Å². The van der Waals surface area contributed by atoms with Gasteiger partial charge in [0.1, 0.15) is 13.2 Å². The zero-order valence-corrected chi connectivity index (χ0v) is 13.1. The van der Waals surface area contributed by atoms with E-state index in [4.69, 9.17) is 27.4 Å². The Hall–Kier alpha value is -1.38. The van der Waals surface area contributed by atoms with Gasteiger partial charge in [-0.25, -0.2) is 13.1 Å². The van der Waals surface area contributed by atoms with E-state index in [1.807, 2.05) is 0 Å². The smallest absolute Gasteiger partial charge is 0.240 e. The van der Waals surface area contributed by atoms with Crippen molar-refractivity contribution in [2.24, 2.45) is 5.73 Å². The molecule has 1 aliphatic rings. The summed E-state index contributed by atoms with van der Waals surface area (Å²) >= 11 is 4.77. The minimum Gasteiger partial charge on any atom is -0.486 e. The molecule has 0 atom stereocenters. The third-order valence-corrected chi connectivity index (χ3v) is 4.63. The van der Waals surface area contributed by atoms with Crippen LogP contribution in [0.3, 0.4) is 0 Å². The number of hydrogen-bond acceptors (Lipinski definition) is 5. The van der Waals surface area contributed by atoms with E-state index >= 15 is 0 Å². The molecule has 1 aromatic carbocycles. The summed E-state index contributed by atoms with van der Waals surface area (Å²) in [4.78, 5) is 0.616. The topological polar surface area (TPSA) is 90.7 Å². The lowest BCUT2D eigenvalue weighted by Crippen LogP contribution is -2.25. The second-order valence-corrected chi connectivity index (χ2v) is 6.92. The monoisotopic (exact) mass is 330 g/mol. The van der Waals surface area contributed by atoms with Crippen LogP contribution in [-0.2, 0) is 10.0 Å². The summed E-state index contributed by atoms with van der Waals surface area (Å²) in [6, 6.07) is 4.59. The van der Waals surface area contributed by atoms with Crippen LogP contribution in [0.5, 0.6) is 11.5 Å². The molecule has 3 N–H and O–H groups in total. The number of nitrogens with one attached hydrogen (secondary N) is 1. The van der Waals surface area contributed by atoms with E-state index in [0.717, 1.165) is 6.42 Å². The van der Waals surface area contributed by atoms with Crippen LogP contribution in [0.25, 0.3) is 0 Å². The summed E-state index contributed by atoms with van der Waals surface area (Å²) < 4.78 is 37.6. The molecule has 116 valence electrons. The molecule has 0 saturated heterocycles. The number of sulfonamides is 1. The first-order chi connectivity index (χ1) is 9.99. The third-order valence-electron chi connectivity index (χ3n) is 2.97. The summed E-state index contributed by atoms with van der Waals surface area (Å²) in [6.07, 6.45) is 2.07. The van der Waals surface area contributed by atoms with Crippen LogP contribution in [0, 0.1) is 0 Å². The Morgan fingerprint density at radius 2 is 1.95 bits per heavy atom. The molecule has 2 rings (SSSR count). The number of hydrogen-bond donors (Lipinski definition) is 2. The fourth-order valence-corrected chi connectivity index (χ4v) is 3.14. The number of rotatable bonds is 7. The molecule has 21 heavy (non-hydrogen) atoms. The summed E-state index contributed by atoms with van der Waals surface area (Å²) in [5, 5.41) is 0. The predicted octanol–water partition coefficient (Wildman–Crippen LogP) is 1.19. The van der Waals surface area contributed by atoms with Crippen LogP contribution in [0.4, 0.5) is 0 Å². The van der Waals surface area contributed by atoms with Crippen molar-refractivity contribution in [3.05, 3.63) is 18.2 Å². The lowest BCUT2D eigenvalue weighted by atomic mass is 10.2. The van der Waals surface area contributed by atoms with Crippen molar-refractivity contribution >= 4 is 27.2 Å². The van der Waals surface area contributed by atoms with Crippen molar-refractivity contribution in [3.63, 3.8) is 0 Å². The molecule has 0 amide bonds. The van der Waals surface area contributed by atoms with Crippen LogP contribution >= 0.6 is 12.2 Å². The van der Waals surface area contributed by atoms with E-state index in [1.54, 1.807) is 6.07 Å². The number of benzene rings is 1. The van der Waals surface area contributed by atoms with Crippen LogP contribution in [0.15, 0.2) is 23.1 Å². The number of thiocarbonyl (C=S) groups is 1. The molecular weight excluding hydrogens is 312 g/mol. The first kappa shape index (κ1) is 16.0. The average Bonchev–Trinajstić information content (AvgIpc) is 2.46. The Kier molecular flexibility index (Phi) is 5.38. The van der Waals surface area contributed by atoms with Crippen molar-refractivity contribution in [1.82, 2.24) is 4.72 Å². The highest BCUT2D eigenvalue weighted by molar-refractivity contribution is 7.89. The maximum absolute atomic E-state index is 12.2. The van der Waals surface area contributed by atoms with Gasteiger partial charge >= 0.3 is 0 Å². The van der Waals surface area contributed by atoms with Gasteiger partial charge < -0.3 is 15.2 Å². The van der Waals surface area contributed by atoms with Crippen molar-refractivity contribution in [1.29, 1.82) is 0 Å². The highest BCUT2D eigenvalue weighted by Gasteiger charge is 2.18. The fourth-order valence-electron chi connectivity index (χ4n) is 1.90. The Morgan fingerprint density at radius 3 is 2.67 bits per heavy atom. The van der Waals surface area contributed by atoms with E-state index in [1.165, 1.54) is 12.1 Å². The zero-order valence-electron chi connectivity index (χ0n) is 11.5. The maximum atomic E-state index is 12.2. The molecule has 0 radical (unpaired) electrons. The summed E-state index contributed by atoms with van der Waals surface area (Å²) in [5.74, 6) is 1.02. The van der Waals surface area contributed by atoms with Gasteiger partial charge in [-0.3, -0.25) is 0 Å². The second-order valence-electron chi connectivity index (χ2n) is 4.63. The Balaban J connectivity index is 1.94. The molecule has 0 saturated carbocycles. The van der Waals surface area contributed by atoms with Gasteiger partial charge in [-0.2, -0.15) is 0 Å². The Labute approximate surface area is 129 Å². The molecule has 1 heterocycles. The molecule has 0 fully saturated rings. The number of ether oxygens (including phenoxy) is 2. The Morgan fingerprint density at radius 1 is 1.24 bits per heavy atom. The SMILES string of the molecule is NC(=S)CCCCNS(=O)(=O)c1ccc2c(c1)OCCO2. The first-order valence-electron chi connectivity index (χ1n) is 6.67. The minimum atomic E-state index is -3.54. The van der Waals surface area contributed by atoms with Crippen LogP contribution in [-0.4, -0.2) is 33.2 Å². The van der Waals surface area contributed by atoms with Crippen LogP contribution in [0.1, 0.15) is 19.3 Å². The van der Waals surface area contributed by atoms with Crippen LogP contribution < -0.4 is 19.9 Å². The maximum Gasteiger partial charge on any atom is 0.240 e. The standard InChI is InChI=1S/C13H18N2O4S2/c14-13(20)3-1-2-6-15-21(16,17)10-4-5-11-12(9-10)19-8-7-18-11/h4-5,9,15H,1-3,6-8H2,(H2,14,20). The molecule has 0 unspecified atom stereocenters. The summed E-state index contributed by atoms with van der Waals surface area (Å²) in [7, 11) is -3.54. The van der Waals surface area contributed by atoms with Crippen molar-refractivity contribution < 1.29 is 17.9 Å². The van der Waals surface area contributed by atoms with Gasteiger partial charge in [-0.05, 0) is 31.4 Å². The Bertz CT molecular complexity index is 617. The van der Waals surface area contributed by atoms with E-state index in [9.17, 15) is 8.42 Å². The fraction of sp³-hybridized carbons (Fsp3) is 0.462. The molecule has 1 aromatic rings. The highest BCUT2D eigenvalue weighted by atomic mass is 32.2. The van der Waals surface area contributed by atoms with E-state index in [-0.39, 0.29) is 4.90 Å². The van der Waals surface area contributed by atoms with Gasteiger partial charge in [0.25, 0.3) is 0 Å². The molecular formula is C13H18N2O4S2. The normalized spacial score (nSPS) is 13.9. The van der Waals surface area contributed by atoms with E-state index in [2.05, 4.69) is 4.72 Å². The quantitative estimate of drug-likeness (QED) is 0.576. The van der Waals surface area contributed by atoms with Crippen molar-refractivity contribution in [2.45, 2.75) is 24.2 Å². The third kappa shape index (κ3) is 4.55. The lowest BCUT2D eigenvalue weighted by Gasteiger charge is -2.18. The molecule has 0 bridgehead atoms. The second kappa shape index (κ2) is 7.06. The van der Waals surface area contributed by atoms with Crippen molar-refractivity contribution in [2.75, 3.05) is 19.8 Å². The lowest BCUT2D eigenvalue weighted by molar-refractivity contribution is 0.171. The zero-order chi connectivity index (χ0) is 15.3. The highest BCUT2D eigenvalue weighted by Crippen LogP contribution is 2.32. The van der Waals surface area contributed by atoms with Gasteiger partial charge in [-0.1, -0.05) is 12.2 Å². The predicted molar refractivity (Wildman–Crippen MR) is 83.3 cm³/mol. The summed E-state index contributed by atoms with van der Waals surface area (Å²) in [6.45, 7) is 1.24. The average molecular weight is 330 g/mol. The van der Waals surface area contributed by atoms with Gasteiger partial charge in [0.05, 0.1) is 9.88 Å².